The lowest BCUT2D eigenvalue weighted by Crippen LogP contribution is -2.53. The molecule has 44 heavy (non-hydrogen) atoms. The van der Waals surface area contributed by atoms with E-state index >= 15 is 0 Å². The molecule has 9 nitrogen and oxygen atoms in total. The Balaban J connectivity index is 1.30. The van der Waals surface area contributed by atoms with Gasteiger partial charge in [-0.2, -0.15) is 0 Å². The summed E-state index contributed by atoms with van der Waals surface area (Å²) in [5, 5.41) is 20.8. The number of piperidine rings is 1. The molecule has 2 aromatic carbocycles. The van der Waals surface area contributed by atoms with Gasteiger partial charge in [0.1, 0.15) is 0 Å². The number of amides is 3. The molecule has 3 fully saturated rings. The standard InChI is InChI=1S/C35H49N5O4/c1-25(34(43)37-28-14-7-3-8-15-28)36-24-32(41)31(20-26-12-5-2-6-13-26)38-35(44)27-21-29(39-17-9-4-10-18-39)23-30(22-27)40-19-11-16-33(40)42/h2,5-6,12-13,21-23,25,28,31-32,36,41H,3-4,7-11,14-20,24H2,1H3,(H,37,43)(H,38,44)/t25-,31?,32+/m0/s1. The van der Waals surface area contributed by atoms with Crippen molar-refractivity contribution in [3.05, 3.63) is 59.7 Å². The van der Waals surface area contributed by atoms with Gasteiger partial charge in [-0.05, 0) is 75.6 Å². The second kappa shape index (κ2) is 15.5. The summed E-state index contributed by atoms with van der Waals surface area (Å²) in [5.41, 5.74) is 3.17. The monoisotopic (exact) mass is 603 g/mol. The summed E-state index contributed by atoms with van der Waals surface area (Å²) < 4.78 is 0. The van der Waals surface area contributed by atoms with Crippen molar-refractivity contribution in [3.8, 4) is 0 Å². The Hall–Kier alpha value is -3.43. The number of benzene rings is 2. The summed E-state index contributed by atoms with van der Waals surface area (Å²) in [6.07, 6.45) is 9.76. The van der Waals surface area contributed by atoms with E-state index in [1.54, 1.807) is 11.0 Å². The molecule has 0 radical (unpaired) electrons. The lowest BCUT2D eigenvalue weighted by atomic mass is 9.95. The summed E-state index contributed by atoms with van der Waals surface area (Å²) in [7, 11) is 0. The van der Waals surface area contributed by atoms with Gasteiger partial charge in [0.05, 0.1) is 18.2 Å². The number of aliphatic hydroxyl groups excluding tert-OH is 1. The van der Waals surface area contributed by atoms with E-state index in [2.05, 4.69) is 20.9 Å². The molecule has 2 heterocycles. The van der Waals surface area contributed by atoms with E-state index in [1.807, 2.05) is 49.4 Å². The van der Waals surface area contributed by atoms with Gasteiger partial charge in [-0.15, -0.1) is 0 Å². The Morgan fingerprint density at radius 2 is 1.61 bits per heavy atom. The highest BCUT2D eigenvalue weighted by Gasteiger charge is 2.28. The van der Waals surface area contributed by atoms with Crippen LogP contribution in [0, 0.1) is 0 Å². The third kappa shape index (κ3) is 8.60. The van der Waals surface area contributed by atoms with Crippen molar-refractivity contribution in [2.45, 2.75) is 102 Å². The molecule has 238 valence electrons. The third-order valence-electron chi connectivity index (χ3n) is 9.33. The largest absolute Gasteiger partial charge is 0.390 e. The first kappa shape index (κ1) is 32.0. The normalized spacial score (nSPS) is 19.8. The number of rotatable bonds is 12. The van der Waals surface area contributed by atoms with E-state index in [0.717, 1.165) is 75.0 Å². The number of hydrogen-bond donors (Lipinski definition) is 4. The molecule has 3 atom stereocenters. The van der Waals surface area contributed by atoms with Crippen molar-refractivity contribution >= 4 is 29.1 Å². The van der Waals surface area contributed by atoms with Crippen LogP contribution in [0.25, 0.3) is 0 Å². The highest BCUT2D eigenvalue weighted by molar-refractivity contribution is 6.00. The Morgan fingerprint density at radius 3 is 2.32 bits per heavy atom. The molecule has 2 aromatic rings. The molecule has 9 heteroatoms. The van der Waals surface area contributed by atoms with Crippen molar-refractivity contribution in [1.29, 1.82) is 0 Å². The van der Waals surface area contributed by atoms with Crippen LogP contribution in [-0.4, -0.2) is 73.2 Å². The van der Waals surface area contributed by atoms with E-state index in [1.165, 1.54) is 12.8 Å². The molecule has 2 saturated heterocycles. The molecule has 1 aliphatic carbocycles. The predicted molar refractivity (Wildman–Crippen MR) is 174 cm³/mol. The summed E-state index contributed by atoms with van der Waals surface area (Å²) >= 11 is 0. The van der Waals surface area contributed by atoms with Crippen molar-refractivity contribution < 1.29 is 19.5 Å². The van der Waals surface area contributed by atoms with Crippen LogP contribution in [0.2, 0.25) is 0 Å². The van der Waals surface area contributed by atoms with Crippen LogP contribution in [0.5, 0.6) is 0 Å². The minimum Gasteiger partial charge on any atom is -0.390 e. The highest BCUT2D eigenvalue weighted by atomic mass is 16.3. The number of aliphatic hydroxyl groups is 1. The van der Waals surface area contributed by atoms with Gasteiger partial charge in [-0.25, -0.2) is 0 Å². The van der Waals surface area contributed by atoms with Gasteiger partial charge >= 0.3 is 0 Å². The van der Waals surface area contributed by atoms with E-state index in [9.17, 15) is 19.5 Å². The predicted octanol–water partition coefficient (Wildman–Crippen LogP) is 3.93. The molecule has 1 unspecified atom stereocenters. The van der Waals surface area contributed by atoms with Crippen molar-refractivity contribution in [1.82, 2.24) is 16.0 Å². The van der Waals surface area contributed by atoms with Gasteiger partial charge in [0.2, 0.25) is 11.8 Å². The second-order valence-corrected chi connectivity index (χ2v) is 12.7. The first-order valence-corrected chi connectivity index (χ1v) is 16.6. The van der Waals surface area contributed by atoms with Gasteiger partial charge in [-0.1, -0.05) is 49.6 Å². The molecule has 0 spiro atoms. The number of nitrogens with one attached hydrogen (secondary N) is 3. The average Bonchev–Trinajstić information content (AvgIpc) is 3.50. The number of anilines is 2. The molecule has 1 saturated carbocycles. The van der Waals surface area contributed by atoms with Gasteiger partial charge in [0.15, 0.2) is 0 Å². The van der Waals surface area contributed by atoms with Crippen molar-refractivity contribution in [2.75, 3.05) is 36.0 Å². The second-order valence-electron chi connectivity index (χ2n) is 12.7. The Morgan fingerprint density at radius 1 is 0.909 bits per heavy atom. The first-order valence-electron chi connectivity index (χ1n) is 16.6. The van der Waals surface area contributed by atoms with E-state index in [4.69, 9.17) is 0 Å². The summed E-state index contributed by atoms with van der Waals surface area (Å²) in [5.74, 6) is -0.275. The molecular weight excluding hydrogens is 554 g/mol. The molecule has 0 aromatic heterocycles. The number of nitrogens with zero attached hydrogens (tertiary/aromatic N) is 2. The molecular formula is C35H49N5O4. The molecule has 3 aliphatic rings. The molecule has 2 aliphatic heterocycles. The van der Waals surface area contributed by atoms with Crippen LogP contribution in [0.15, 0.2) is 48.5 Å². The Kier molecular flexibility index (Phi) is 11.3. The summed E-state index contributed by atoms with van der Waals surface area (Å²) in [6, 6.07) is 14.7. The zero-order chi connectivity index (χ0) is 30.9. The van der Waals surface area contributed by atoms with Crippen LogP contribution in [-0.2, 0) is 16.0 Å². The first-order chi connectivity index (χ1) is 21.4. The average molecular weight is 604 g/mol. The minimum absolute atomic E-state index is 0.0636. The van der Waals surface area contributed by atoms with Crippen LogP contribution < -0.4 is 25.8 Å². The smallest absolute Gasteiger partial charge is 0.251 e. The molecule has 4 N–H and O–H groups in total. The maximum absolute atomic E-state index is 13.9. The third-order valence-corrected chi connectivity index (χ3v) is 9.33. The van der Waals surface area contributed by atoms with Crippen LogP contribution in [0.3, 0.4) is 0 Å². The summed E-state index contributed by atoms with van der Waals surface area (Å²) in [6.45, 7) is 4.45. The molecule has 3 amide bonds. The van der Waals surface area contributed by atoms with E-state index in [-0.39, 0.29) is 30.3 Å². The van der Waals surface area contributed by atoms with Gasteiger partial charge in [0.25, 0.3) is 5.91 Å². The zero-order valence-corrected chi connectivity index (χ0v) is 26.1. The summed E-state index contributed by atoms with van der Waals surface area (Å²) in [4.78, 5) is 43.4. The minimum atomic E-state index is -0.936. The van der Waals surface area contributed by atoms with Crippen molar-refractivity contribution in [3.63, 3.8) is 0 Å². The van der Waals surface area contributed by atoms with Gasteiger partial charge in [-0.3, -0.25) is 14.4 Å². The molecule has 0 bridgehead atoms. The fraction of sp³-hybridized carbons (Fsp3) is 0.571. The van der Waals surface area contributed by atoms with E-state index in [0.29, 0.717) is 24.9 Å². The molecule has 5 rings (SSSR count). The number of carbonyl (C=O) groups excluding carboxylic acids is 3. The Labute approximate surface area is 261 Å². The van der Waals surface area contributed by atoms with E-state index < -0.39 is 18.2 Å². The maximum atomic E-state index is 13.9. The SMILES string of the molecule is C[C@H](NC[C@@H](O)C(Cc1ccccc1)NC(=O)c1cc(N2CCCCC2)cc(N2CCCC2=O)c1)C(=O)NC1CCCCC1. The van der Waals surface area contributed by atoms with Crippen LogP contribution >= 0.6 is 0 Å². The Bertz CT molecular complexity index is 1260. The van der Waals surface area contributed by atoms with Gasteiger partial charge in [0, 0.05) is 55.6 Å². The topological polar surface area (TPSA) is 114 Å². The van der Waals surface area contributed by atoms with Crippen molar-refractivity contribution in [2.24, 2.45) is 0 Å². The maximum Gasteiger partial charge on any atom is 0.251 e. The quantitative estimate of drug-likeness (QED) is 0.292. The van der Waals surface area contributed by atoms with Crippen LogP contribution in [0.1, 0.15) is 87.1 Å². The number of hydrogen-bond acceptors (Lipinski definition) is 6. The highest BCUT2D eigenvalue weighted by Crippen LogP contribution is 2.30. The van der Waals surface area contributed by atoms with Crippen LogP contribution in [0.4, 0.5) is 11.4 Å². The lowest BCUT2D eigenvalue weighted by molar-refractivity contribution is -0.123. The lowest BCUT2D eigenvalue weighted by Gasteiger charge is -2.31. The van der Waals surface area contributed by atoms with Gasteiger partial charge < -0.3 is 30.9 Å². The fourth-order valence-corrected chi connectivity index (χ4v) is 6.65. The fourth-order valence-electron chi connectivity index (χ4n) is 6.65. The number of carbonyl (C=O) groups is 3. The zero-order valence-electron chi connectivity index (χ0n) is 26.1.